The predicted molar refractivity (Wildman–Crippen MR) is 82.1 cm³/mol. The number of hydrogen-bond acceptors (Lipinski definition) is 4. The second-order valence-electron chi connectivity index (χ2n) is 5.62. The minimum atomic E-state index is -0.357. The van der Waals surface area contributed by atoms with Crippen molar-refractivity contribution >= 4 is 16.6 Å². The summed E-state index contributed by atoms with van der Waals surface area (Å²) in [5.74, 6) is 0.626. The van der Waals surface area contributed by atoms with Crippen LogP contribution in [-0.2, 0) is 0 Å². The van der Waals surface area contributed by atoms with Crippen LogP contribution in [0.2, 0.25) is 0 Å². The van der Waals surface area contributed by atoms with Gasteiger partial charge in [0.05, 0.1) is 17.4 Å². The normalized spacial score (nSPS) is 15.8. The minimum Gasteiger partial charge on any atom is -0.383 e. The number of nitrogens with zero attached hydrogens (tertiary/aromatic N) is 2. The van der Waals surface area contributed by atoms with Gasteiger partial charge in [-0.25, -0.2) is 0 Å². The van der Waals surface area contributed by atoms with E-state index in [1.165, 1.54) is 32.1 Å². The lowest BCUT2D eigenvalue weighted by atomic mass is 9.89. The first kappa shape index (κ1) is 13.6. The lowest BCUT2D eigenvalue weighted by Crippen LogP contribution is -2.20. The Morgan fingerprint density at radius 2 is 2.19 bits per heavy atom. The molecule has 21 heavy (non-hydrogen) atoms. The quantitative estimate of drug-likeness (QED) is 0.907. The van der Waals surface area contributed by atoms with Crippen molar-refractivity contribution in [3.8, 4) is 6.07 Å². The van der Waals surface area contributed by atoms with E-state index in [0.29, 0.717) is 17.1 Å². The molecule has 0 spiro atoms. The highest BCUT2D eigenvalue weighted by molar-refractivity contribution is 5.93. The zero-order valence-corrected chi connectivity index (χ0v) is 11.9. The summed E-state index contributed by atoms with van der Waals surface area (Å²) in [6.07, 6.45) is 9.60. The van der Waals surface area contributed by atoms with Crippen LogP contribution in [-0.4, -0.2) is 16.5 Å². The Bertz CT molecular complexity index is 738. The summed E-state index contributed by atoms with van der Waals surface area (Å²) >= 11 is 0. The third kappa shape index (κ3) is 2.75. The van der Waals surface area contributed by atoms with E-state index in [2.05, 4.69) is 15.3 Å². The summed E-state index contributed by atoms with van der Waals surface area (Å²) in [6, 6.07) is 3.85. The number of nitriles is 1. The standard InChI is InChI=1S/C16H18N4O/c17-8-13-15(19-9-11-4-2-1-3-5-11)12-6-7-18-10-14(12)20-16(13)21/h6-7,10-11H,1-5,9H2,(H2,19,20,21). The SMILES string of the molecule is N#Cc1c(NCC2CCCCC2)c2ccncc2[nH]c1=O. The van der Waals surface area contributed by atoms with Crippen LogP contribution in [0.5, 0.6) is 0 Å². The molecule has 2 aromatic heterocycles. The molecule has 1 aliphatic carbocycles. The van der Waals surface area contributed by atoms with E-state index in [0.717, 1.165) is 11.9 Å². The number of fused-ring (bicyclic) bond motifs is 1. The molecule has 0 unspecified atom stereocenters. The summed E-state index contributed by atoms with van der Waals surface area (Å²) in [6.45, 7) is 0.815. The molecule has 0 bridgehead atoms. The molecule has 2 N–H and O–H groups in total. The van der Waals surface area contributed by atoms with E-state index in [1.807, 2.05) is 12.1 Å². The molecule has 1 saturated carbocycles. The van der Waals surface area contributed by atoms with E-state index in [1.54, 1.807) is 12.4 Å². The maximum absolute atomic E-state index is 12.0. The van der Waals surface area contributed by atoms with Gasteiger partial charge in [-0.3, -0.25) is 9.78 Å². The molecule has 0 atom stereocenters. The van der Waals surface area contributed by atoms with Crippen molar-refractivity contribution in [3.63, 3.8) is 0 Å². The molecular formula is C16H18N4O. The average molecular weight is 282 g/mol. The lowest BCUT2D eigenvalue weighted by molar-refractivity contribution is 0.373. The van der Waals surface area contributed by atoms with Gasteiger partial charge in [0.2, 0.25) is 0 Å². The first-order valence-corrected chi connectivity index (χ1v) is 7.43. The van der Waals surface area contributed by atoms with Gasteiger partial charge in [0.1, 0.15) is 11.6 Å². The number of H-pyrrole nitrogens is 1. The highest BCUT2D eigenvalue weighted by Gasteiger charge is 2.16. The second kappa shape index (κ2) is 5.96. The van der Waals surface area contributed by atoms with E-state index >= 15 is 0 Å². The third-order valence-corrected chi connectivity index (χ3v) is 4.22. The molecule has 1 aliphatic rings. The fraction of sp³-hybridized carbons (Fsp3) is 0.438. The molecule has 0 aromatic carbocycles. The van der Waals surface area contributed by atoms with Gasteiger partial charge in [0.25, 0.3) is 5.56 Å². The number of anilines is 1. The number of nitrogens with one attached hydrogen (secondary N) is 2. The maximum Gasteiger partial charge on any atom is 0.268 e. The van der Waals surface area contributed by atoms with Gasteiger partial charge in [0.15, 0.2) is 0 Å². The van der Waals surface area contributed by atoms with E-state index < -0.39 is 0 Å². The Kier molecular flexibility index (Phi) is 3.87. The molecule has 1 fully saturated rings. The summed E-state index contributed by atoms with van der Waals surface area (Å²) in [4.78, 5) is 18.7. The van der Waals surface area contributed by atoms with Crippen LogP contribution in [0.1, 0.15) is 37.7 Å². The molecule has 5 nitrogen and oxygen atoms in total. The average Bonchev–Trinajstić information content (AvgIpc) is 2.53. The summed E-state index contributed by atoms with van der Waals surface area (Å²) < 4.78 is 0. The molecule has 108 valence electrons. The zero-order chi connectivity index (χ0) is 14.7. The van der Waals surface area contributed by atoms with Gasteiger partial charge in [-0.05, 0) is 24.8 Å². The molecule has 5 heteroatoms. The molecule has 0 saturated heterocycles. The fourth-order valence-electron chi connectivity index (χ4n) is 3.07. The van der Waals surface area contributed by atoms with Gasteiger partial charge < -0.3 is 10.3 Å². The Morgan fingerprint density at radius 1 is 1.38 bits per heavy atom. The number of pyridine rings is 2. The molecular weight excluding hydrogens is 264 g/mol. The molecule has 0 amide bonds. The smallest absolute Gasteiger partial charge is 0.268 e. The summed E-state index contributed by atoms with van der Waals surface area (Å²) in [7, 11) is 0. The van der Waals surface area contributed by atoms with Gasteiger partial charge in [-0.2, -0.15) is 5.26 Å². The monoisotopic (exact) mass is 282 g/mol. The fourth-order valence-corrected chi connectivity index (χ4v) is 3.07. The zero-order valence-electron chi connectivity index (χ0n) is 11.9. The van der Waals surface area contributed by atoms with Crippen molar-refractivity contribution in [1.82, 2.24) is 9.97 Å². The van der Waals surface area contributed by atoms with Gasteiger partial charge in [0, 0.05) is 18.1 Å². The molecule has 0 radical (unpaired) electrons. The first-order chi connectivity index (χ1) is 10.3. The van der Waals surface area contributed by atoms with Crippen LogP contribution in [0, 0.1) is 17.2 Å². The van der Waals surface area contributed by atoms with Crippen molar-refractivity contribution in [2.75, 3.05) is 11.9 Å². The highest BCUT2D eigenvalue weighted by atomic mass is 16.1. The van der Waals surface area contributed by atoms with Crippen molar-refractivity contribution in [2.24, 2.45) is 5.92 Å². The highest BCUT2D eigenvalue weighted by Crippen LogP contribution is 2.26. The number of hydrogen-bond donors (Lipinski definition) is 2. The van der Waals surface area contributed by atoms with Crippen LogP contribution in [0.3, 0.4) is 0 Å². The number of rotatable bonds is 3. The number of aromatic nitrogens is 2. The largest absolute Gasteiger partial charge is 0.383 e. The Labute approximate surface area is 123 Å². The Hall–Kier alpha value is -2.35. The van der Waals surface area contributed by atoms with Crippen LogP contribution in [0.4, 0.5) is 5.69 Å². The van der Waals surface area contributed by atoms with Crippen molar-refractivity contribution in [3.05, 3.63) is 34.4 Å². The van der Waals surface area contributed by atoms with E-state index in [9.17, 15) is 10.1 Å². The number of aromatic amines is 1. The molecule has 0 aliphatic heterocycles. The first-order valence-electron chi connectivity index (χ1n) is 7.43. The lowest BCUT2D eigenvalue weighted by Gasteiger charge is -2.22. The van der Waals surface area contributed by atoms with E-state index in [4.69, 9.17) is 0 Å². The summed E-state index contributed by atoms with van der Waals surface area (Å²) in [5, 5.41) is 13.5. The van der Waals surface area contributed by atoms with Crippen LogP contribution < -0.4 is 10.9 Å². The predicted octanol–water partition coefficient (Wildman–Crippen LogP) is 2.79. The maximum atomic E-state index is 12.0. The second-order valence-corrected chi connectivity index (χ2v) is 5.62. The molecule has 2 heterocycles. The molecule has 2 aromatic rings. The third-order valence-electron chi connectivity index (χ3n) is 4.22. The molecule has 3 rings (SSSR count). The van der Waals surface area contributed by atoms with Gasteiger partial charge in [-0.1, -0.05) is 19.3 Å². The summed E-state index contributed by atoms with van der Waals surface area (Å²) in [5.41, 5.74) is 1.10. The van der Waals surface area contributed by atoms with Gasteiger partial charge in [-0.15, -0.1) is 0 Å². The Balaban J connectivity index is 1.95. The van der Waals surface area contributed by atoms with Crippen LogP contribution in [0.15, 0.2) is 23.3 Å². The van der Waals surface area contributed by atoms with Gasteiger partial charge >= 0.3 is 0 Å². The Morgan fingerprint density at radius 3 is 2.95 bits per heavy atom. The minimum absolute atomic E-state index is 0.157. The van der Waals surface area contributed by atoms with Crippen molar-refractivity contribution in [1.29, 1.82) is 5.26 Å². The van der Waals surface area contributed by atoms with Crippen LogP contribution >= 0.6 is 0 Å². The van der Waals surface area contributed by atoms with Crippen molar-refractivity contribution in [2.45, 2.75) is 32.1 Å². The van der Waals surface area contributed by atoms with E-state index in [-0.39, 0.29) is 11.1 Å². The van der Waals surface area contributed by atoms with Crippen LogP contribution in [0.25, 0.3) is 10.9 Å². The van der Waals surface area contributed by atoms with Crippen molar-refractivity contribution < 1.29 is 0 Å². The topological polar surface area (TPSA) is 81.6 Å².